The second-order valence-electron chi connectivity index (χ2n) is 8.24. The van der Waals surface area contributed by atoms with Gasteiger partial charge in [-0.2, -0.15) is 0 Å². The molecule has 2 aliphatic rings. The molecule has 0 aromatic heterocycles. The van der Waals surface area contributed by atoms with Crippen molar-refractivity contribution < 1.29 is 19.5 Å². The molecule has 6 nitrogen and oxygen atoms in total. The summed E-state index contributed by atoms with van der Waals surface area (Å²) in [5.74, 6) is -2.08. The zero-order valence-electron chi connectivity index (χ0n) is 17.9. The van der Waals surface area contributed by atoms with E-state index in [1.54, 1.807) is 12.1 Å². The van der Waals surface area contributed by atoms with Crippen LogP contribution in [-0.4, -0.2) is 34.7 Å². The summed E-state index contributed by atoms with van der Waals surface area (Å²) in [5.41, 5.74) is 2.82. The van der Waals surface area contributed by atoms with Gasteiger partial charge in [0.15, 0.2) is 0 Å². The fraction of sp³-hybridized carbons (Fsp3) is 0.320. The molecule has 2 aromatic carbocycles. The quantitative estimate of drug-likeness (QED) is 0.504. The minimum absolute atomic E-state index is 0.0786. The van der Waals surface area contributed by atoms with Gasteiger partial charge in [0.25, 0.3) is 0 Å². The predicted octanol–water partition coefficient (Wildman–Crippen LogP) is 4.36. The number of allylic oxidation sites excluding steroid dienone is 2. The van der Waals surface area contributed by atoms with E-state index in [2.05, 4.69) is 18.3 Å². The molecule has 1 aliphatic heterocycles. The number of thioether (sulfide) groups is 1. The number of nitrogens with zero attached hydrogens (tertiary/aromatic N) is 1. The van der Waals surface area contributed by atoms with Gasteiger partial charge in [0.05, 0.1) is 17.6 Å². The number of nitrogens with one attached hydrogen (secondary N) is 1. The van der Waals surface area contributed by atoms with Gasteiger partial charge in [0.1, 0.15) is 0 Å². The zero-order chi connectivity index (χ0) is 22.7. The number of carbonyl (C=O) groups is 3. The molecular formula is C25H26N2O4S. The number of para-hydroxylation sites is 1. The molecule has 3 atom stereocenters. The number of hydrogen-bond acceptors (Lipinski definition) is 4. The van der Waals surface area contributed by atoms with Gasteiger partial charge in [-0.15, -0.1) is 11.8 Å². The van der Waals surface area contributed by atoms with Crippen LogP contribution in [0, 0.1) is 11.8 Å². The highest BCUT2D eigenvalue weighted by molar-refractivity contribution is 8.00. The molecule has 166 valence electrons. The molecule has 7 heteroatoms. The van der Waals surface area contributed by atoms with Crippen LogP contribution in [0.1, 0.15) is 25.3 Å². The molecule has 0 saturated carbocycles. The number of rotatable bonds is 6. The van der Waals surface area contributed by atoms with Crippen LogP contribution in [0.15, 0.2) is 65.6 Å². The lowest BCUT2D eigenvalue weighted by molar-refractivity contribution is -0.146. The van der Waals surface area contributed by atoms with Crippen LogP contribution in [0.4, 0.5) is 11.4 Å². The number of fused-ring (bicyclic) bond motifs is 1. The molecule has 2 N–H and O–H groups in total. The molecule has 0 unspecified atom stereocenters. The van der Waals surface area contributed by atoms with Gasteiger partial charge >= 0.3 is 5.97 Å². The predicted molar refractivity (Wildman–Crippen MR) is 126 cm³/mol. The summed E-state index contributed by atoms with van der Waals surface area (Å²) in [6, 6.07) is 15.5. The fourth-order valence-corrected chi connectivity index (χ4v) is 5.16. The van der Waals surface area contributed by atoms with Gasteiger partial charge in [-0.3, -0.25) is 14.4 Å². The zero-order valence-corrected chi connectivity index (χ0v) is 18.7. The lowest BCUT2D eigenvalue weighted by Crippen LogP contribution is -2.36. The number of carbonyl (C=O) groups excluding carboxylic acids is 2. The Morgan fingerprint density at radius 3 is 2.44 bits per heavy atom. The number of anilines is 2. The molecule has 0 radical (unpaired) electrons. The SMILES string of the molecule is C[C@H]1Cc2ccccc2N1C(=O)CSc1ccc(NC(=O)[C@H]2CC=CC[C@@H]2C(=O)O)cc1. The monoisotopic (exact) mass is 450 g/mol. The summed E-state index contributed by atoms with van der Waals surface area (Å²) in [5, 5.41) is 12.2. The van der Waals surface area contributed by atoms with Crippen LogP contribution in [-0.2, 0) is 20.8 Å². The first-order valence-corrected chi connectivity index (χ1v) is 11.7. The van der Waals surface area contributed by atoms with Gasteiger partial charge in [0, 0.05) is 22.3 Å². The average molecular weight is 451 g/mol. The molecule has 0 spiro atoms. The molecular weight excluding hydrogens is 424 g/mol. The van der Waals surface area contributed by atoms with Crippen LogP contribution >= 0.6 is 11.8 Å². The fourth-order valence-electron chi connectivity index (χ4n) is 4.41. The second kappa shape index (κ2) is 9.61. The first-order valence-electron chi connectivity index (χ1n) is 10.8. The minimum atomic E-state index is -0.944. The Balaban J connectivity index is 1.33. The second-order valence-corrected chi connectivity index (χ2v) is 9.29. The van der Waals surface area contributed by atoms with Crippen molar-refractivity contribution in [2.45, 2.75) is 37.1 Å². The van der Waals surface area contributed by atoms with E-state index < -0.39 is 17.8 Å². The maximum absolute atomic E-state index is 12.9. The summed E-state index contributed by atoms with van der Waals surface area (Å²) in [6.45, 7) is 2.07. The standard InChI is InChI=1S/C25H26N2O4S/c1-16-14-17-6-2-5-9-22(17)27(16)23(28)15-32-19-12-10-18(11-13-19)26-24(29)20-7-3-4-8-21(20)25(30)31/h2-6,9-13,16,20-21H,7-8,14-15H2,1H3,(H,26,29)(H,30,31)/t16-,20-,21-/m0/s1. The van der Waals surface area contributed by atoms with Gasteiger partial charge < -0.3 is 15.3 Å². The Labute approximate surface area is 191 Å². The number of amides is 2. The molecule has 2 aromatic rings. The number of aliphatic carboxylic acids is 1. The molecule has 32 heavy (non-hydrogen) atoms. The third-order valence-electron chi connectivity index (χ3n) is 6.05. The van der Waals surface area contributed by atoms with E-state index in [0.29, 0.717) is 24.3 Å². The van der Waals surface area contributed by atoms with E-state index in [9.17, 15) is 19.5 Å². The smallest absolute Gasteiger partial charge is 0.307 e. The summed E-state index contributed by atoms with van der Waals surface area (Å²) in [6.07, 6.45) is 5.35. The number of carboxylic acid groups (broad SMARTS) is 1. The van der Waals surface area contributed by atoms with Crippen LogP contribution in [0.2, 0.25) is 0 Å². The van der Waals surface area contributed by atoms with Crippen LogP contribution in [0.25, 0.3) is 0 Å². The normalized spacial score (nSPS) is 21.8. The lowest BCUT2D eigenvalue weighted by atomic mass is 9.82. The van der Waals surface area contributed by atoms with Crippen LogP contribution < -0.4 is 10.2 Å². The number of benzene rings is 2. The molecule has 0 fully saturated rings. The highest BCUT2D eigenvalue weighted by Gasteiger charge is 2.34. The van der Waals surface area contributed by atoms with Gasteiger partial charge in [-0.25, -0.2) is 0 Å². The van der Waals surface area contributed by atoms with Crippen molar-refractivity contribution in [1.82, 2.24) is 0 Å². The first-order chi connectivity index (χ1) is 15.4. The highest BCUT2D eigenvalue weighted by atomic mass is 32.2. The maximum atomic E-state index is 12.9. The largest absolute Gasteiger partial charge is 0.481 e. The molecule has 0 bridgehead atoms. The van der Waals surface area contributed by atoms with E-state index in [1.165, 1.54) is 17.3 Å². The summed E-state index contributed by atoms with van der Waals surface area (Å²) in [7, 11) is 0. The Morgan fingerprint density at radius 1 is 1.03 bits per heavy atom. The minimum Gasteiger partial charge on any atom is -0.481 e. The maximum Gasteiger partial charge on any atom is 0.307 e. The van der Waals surface area contributed by atoms with Crippen molar-refractivity contribution in [1.29, 1.82) is 0 Å². The third-order valence-corrected chi connectivity index (χ3v) is 7.04. The van der Waals surface area contributed by atoms with Gasteiger partial charge in [-0.05, 0) is 62.1 Å². The summed E-state index contributed by atoms with van der Waals surface area (Å²) in [4.78, 5) is 39.7. The van der Waals surface area contributed by atoms with Crippen LogP contribution in [0.5, 0.6) is 0 Å². The van der Waals surface area contributed by atoms with Crippen molar-refractivity contribution in [2.24, 2.45) is 11.8 Å². The van der Waals surface area contributed by atoms with Gasteiger partial charge in [0.2, 0.25) is 11.8 Å². The average Bonchev–Trinajstić information content (AvgIpc) is 3.14. The van der Waals surface area contributed by atoms with E-state index in [4.69, 9.17) is 0 Å². The number of carboxylic acids is 1. The van der Waals surface area contributed by atoms with E-state index in [1.807, 2.05) is 47.4 Å². The van der Waals surface area contributed by atoms with Crippen molar-refractivity contribution in [2.75, 3.05) is 16.0 Å². The Kier molecular flexibility index (Phi) is 6.65. The van der Waals surface area contributed by atoms with E-state index in [-0.39, 0.29) is 17.9 Å². The Bertz CT molecular complexity index is 1050. The molecule has 0 saturated heterocycles. The topological polar surface area (TPSA) is 86.7 Å². The van der Waals surface area contributed by atoms with Gasteiger partial charge in [-0.1, -0.05) is 30.4 Å². The molecule has 1 heterocycles. The summed E-state index contributed by atoms with van der Waals surface area (Å²) >= 11 is 1.46. The van der Waals surface area contributed by atoms with E-state index in [0.717, 1.165) is 17.0 Å². The highest BCUT2D eigenvalue weighted by Crippen LogP contribution is 2.33. The van der Waals surface area contributed by atoms with Crippen molar-refractivity contribution in [3.05, 3.63) is 66.2 Å². The summed E-state index contributed by atoms with van der Waals surface area (Å²) < 4.78 is 0. The van der Waals surface area contributed by atoms with Crippen molar-refractivity contribution in [3.8, 4) is 0 Å². The third kappa shape index (κ3) is 4.72. The van der Waals surface area contributed by atoms with Crippen LogP contribution in [0.3, 0.4) is 0 Å². The molecule has 4 rings (SSSR count). The van der Waals surface area contributed by atoms with Crippen molar-refractivity contribution >= 4 is 40.9 Å². The van der Waals surface area contributed by atoms with Crippen molar-refractivity contribution in [3.63, 3.8) is 0 Å². The van der Waals surface area contributed by atoms with E-state index >= 15 is 0 Å². The Hall–Kier alpha value is -3.06. The first kappa shape index (κ1) is 22.1. The number of hydrogen-bond donors (Lipinski definition) is 2. The molecule has 2 amide bonds. The molecule has 1 aliphatic carbocycles. The lowest BCUT2D eigenvalue weighted by Gasteiger charge is -2.24. The Morgan fingerprint density at radius 2 is 1.72 bits per heavy atom.